The van der Waals surface area contributed by atoms with E-state index < -0.39 is 12.0 Å². The maximum absolute atomic E-state index is 11.3. The molecule has 0 aromatic heterocycles. The van der Waals surface area contributed by atoms with E-state index in [0.29, 0.717) is 6.42 Å². The summed E-state index contributed by atoms with van der Waals surface area (Å²) in [7, 11) is 0. The van der Waals surface area contributed by atoms with Crippen LogP contribution >= 0.6 is 11.8 Å². The minimum atomic E-state index is -0.937. The van der Waals surface area contributed by atoms with Crippen LogP contribution in [0.5, 0.6) is 0 Å². The number of thioether (sulfide) groups is 1. The highest BCUT2D eigenvalue weighted by Gasteiger charge is 2.32. The van der Waals surface area contributed by atoms with Crippen LogP contribution in [-0.2, 0) is 9.59 Å². The molecule has 1 rings (SSSR count). The van der Waals surface area contributed by atoms with E-state index in [0.717, 1.165) is 18.6 Å². The number of aliphatic carboxylic acids is 1. The average molecular weight is 217 g/mol. The summed E-state index contributed by atoms with van der Waals surface area (Å²) in [5.74, 6) is -0.209. The third-order valence-electron chi connectivity index (χ3n) is 2.17. The number of carboxylic acid groups (broad SMARTS) is 1. The number of carbonyl (C=O) groups excluding carboxylic acids is 1. The SMILES string of the molecule is CSCC[C@@H](NC(=O)C1CC1)C(=O)O. The maximum Gasteiger partial charge on any atom is 0.326 e. The fourth-order valence-corrected chi connectivity index (χ4v) is 1.60. The monoisotopic (exact) mass is 217 g/mol. The van der Waals surface area contributed by atoms with Gasteiger partial charge in [0.2, 0.25) is 5.91 Å². The third-order valence-corrected chi connectivity index (χ3v) is 2.82. The summed E-state index contributed by atoms with van der Waals surface area (Å²) < 4.78 is 0. The highest BCUT2D eigenvalue weighted by Crippen LogP contribution is 2.28. The highest BCUT2D eigenvalue weighted by molar-refractivity contribution is 7.98. The van der Waals surface area contributed by atoms with Crippen LogP contribution in [-0.4, -0.2) is 35.0 Å². The van der Waals surface area contributed by atoms with Crippen molar-refractivity contribution in [3.63, 3.8) is 0 Å². The Morgan fingerprint density at radius 3 is 2.64 bits per heavy atom. The molecule has 1 fully saturated rings. The van der Waals surface area contributed by atoms with Gasteiger partial charge in [0.15, 0.2) is 0 Å². The minimum absolute atomic E-state index is 0.0751. The molecule has 0 aromatic rings. The molecule has 14 heavy (non-hydrogen) atoms. The van der Waals surface area contributed by atoms with Gasteiger partial charge in [-0.3, -0.25) is 4.79 Å². The van der Waals surface area contributed by atoms with Gasteiger partial charge in [0.1, 0.15) is 6.04 Å². The van der Waals surface area contributed by atoms with Crippen LogP contribution in [0, 0.1) is 5.92 Å². The number of rotatable bonds is 6. The number of carboxylic acids is 1. The molecular weight excluding hydrogens is 202 g/mol. The van der Waals surface area contributed by atoms with Gasteiger partial charge in [0.05, 0.1) is 0 Å². The van der Waals surface area contributed by atoms with Crippen molar-refractivity contribution in [2.75, 3.05) is 12.0 Å². The number of nitrogens with one attached hydrogen (secondary N) is 1. The first-order valence-electron chi connectivity index (χ1n) is 4.67. The summed E-state index contributed by atoms with van der Waals surface area (Å²) in [6.07, 6.45) is 4.22. The van der Waals surface area contributed by atoms with Gasteiger partial charge in [-0.1, -0.05) is 0 Å². The summed E-state index contributed by atoms with van der Waals surface area (Å²) in [6, 6.07) is -0.712. The molecule has 1 saturated carbocycles. The van der Waals surface area contributed by atoms with E-state index in [1.54, 1.807) is 11.8 Å². The van der Waals surface area contributed by atoms with E-state index in [-0.39, 0.29) is 11.8 Å². The summed E-state index contributed by atoms with van der Waals surface area (Å²) in [5, 5.41) is 11.4. The minimum Gasteiger partial charge on any atom is -0.480 e. The fraction of sp³-hybridized carbons (Fsp3) is 0.778. The molecule has 1 aliphatic carbocycles. The third kappa shape index (κ3) is 3.57. The quantitative estimate of drug-likeness (QED) is 0.688. The van der Waals surface area contributed by atoms with Crippen molar-refractivity contribution < 1.29 is 14.7 Å². The Bertz CT molecular complexity index is 228. The lowest BCUT2D eigenvalue weighted by Crippen LogP contribution is -2.41. The van der Waals surface area contributed by atoms with Gasteiger partial charge in [-0.05, 0) is 31.3 Å². The lowest BCUT2D eigenvalue weighted by molar-refractivity contribution is -0.142. The molecule has 1 amide bonds. The van der Waals surface area contributed by atoms with Gasteiger partial charge in [-0.2, -0.15) is 11.8 Å². The molecule has 0 aliphatic heterocycles. The zero-order valence-corrected chi connectivity index (χ0v) is 8.97. The first-order valence-corrected chi connectivity index (χ1v) is 6.06. The first-order chi connectivity index (χ1) is 6.65. The number of hydrogen-bond donors (Lipinski definition) is 2. The summed E-state index contributed by atoms with van der Waals surface area (Å²) in [5.41, 5.74) is 0. The molecule has 0 radical (unpaired) electrons. The van der Waals surface area contributed by atoms with Gasteiger partial charge in [-0.15, -0.1) is 0 Å². The lowest BCUT2D eigenvalue weighted by atomic mass is 10.2. The summed E-state index contributed by atoms with van der Waals surface area (Å²) >= 11 is 1.58. The predicted molar refractivity (Wildman–Crippen MR) is 55.3 cm³/mol. The van der Waals surface area contributed by atoms with E-state index in [1.807, 2.05) is 6.26 Å². The Hall–Kier alpha value is -0.710. The molecule has 0 aromatic carbocycles. The topological polar surface area (TPSA) is 66.4 Å². The van der Waals surface area contributed by atoms with Gasteiger partial charge < -0.3 is 10.4 Å². The molecular formula is C9H15NO3S. The van der Waals surface area contributed by atoms with E-state index in [9.17, 15) is 9.59 Å². The van der Waals surface area contributed by atoms with Crippen molar-refractivity contribution in [2.24, 2.45) is 5.92 Å². The Morgan fingerprint density at radius 1 is 1.57 bits per heavy atom. The van der Waals surface area contributed by atoms with E-state index in [2.05, 4.69) is 5.32 Å². The molecule has 4 nitrogen and oxygen atoms in total. The van der Waals surface area contributed by atoms with Gasteiger partial charge >= 0.3 is 5.97 Å². The molecule has 0 saturated heterocycles. The fourth-order valence-electron chi connectivity index (χ4n) is 1.13. The molecule has 0 spiro atoms. The second-order valence-electron chi connectivity index (χ2n) is 3.46. The first kappa shape index (κ1) is 11.4. The normalized spacial score (nSPS) is 17.5. The Labute approximate surface area is 87.4 Å². The standard InChI is InChI=1S/C9H15NO3S/c1-14-5-4-7(9(12)13)10-8(11)6-2-3-6/h6-7H,2-5H2,1H3,(H,10,11)(H,12,13)/t7-/m1/s1. The van der Waals surface area contributed by atoms with E-state index in [1.165, 1.54) is 0 Å². The zero-order valence-electron chi connectivity index (χ0n) is 8.16. The predicted octanol–water partition coefficient (Wildman–Crippen LogP) is 0.719. The van der Waals surface area contributed by atoms with Crippen LogP contribution in [0.2, 0.25) is 0 Å². The molecule has 0 heterocycles. The summed E-state index contributed by atoms with van der Waals surface area (Å²) in [6.45, 7) is 0. The van der Waals surface area contributed by atoms with Crippen molar-refractivity contribution in [3.8, 4) is 0 Å². The van der Waals surface area contributed by atoms with Crippen LogP contribution in [0.1, 0.15) is 19.3 Å². The smallest absolute Gasteiger partial charge is 0.326 e. The Morgan fingerprint density at radius 2 is 2.21 bits per heavy atom. The molecule has 5 heteroatoms. The largest absolute Gasteiger partial charge is 0.480 e. The van der Waals surface area contributed by atoms with Crippen molar-refractivity contribution >= 4 is 23.6 Å². The van der Waals surface area contributed by atoms with E-state index >= 15 is 0 Å². The van der Waals surface area contributed by atoms with Gasteiger partial charge in [0.25, 0.3) is 0 Å². The van der Waals surface area contributed by atoms with Crippen molar-refractivity contribution in [1.82, 2.24) is 5.32 Å². The van der Waals surface area contributed by atoms with Crippen LogP contribution < -0.4 is 5.32 Å². The molecule has 80 valence electrons. The van der Waals surface area contributed by atoms with Crippen molar-refractivity contribution in [2.45, 2.75) is 25.3 Å². The lowest BCUT2D eigenvalue weighted by Gasteiger charge is -2.13. The Kier molecular flexibility index (Phi) is 4.25. The average Bonchev–Trinajstić information content (AvgIpc) is 2.94. The van der Waals surface area contributed by atoms with Crippen molar-refractivity contribution in [1.29, 1.82) is 0 Å². The van der Waals surface area contributed by atoms with Crippen LogP contribution in [0.4, 0.5) is 0 Å². The number of hydrogen-bond acceptors (Lipinski definition) is 3. The summed E-state index contributed by atoms with van der Waals surface area (Å²) in [4.78, 5) is 22.1. The molecule has 2 N–H and O–H groups in total. The van der Waals surface area contributed by atoms with Crippen molar-refractivity contribution in [3.05, 3.63) is 0 Å². The van der Waals surface area contributed by atoms with E-state index in [4.69, 9.17) is 5.11 Å². The molecule has 1 atom stereocenters. The zero-order chi connectivity index (χ0) is 10.6. The second kappa shape index (κ2) is 5.24. The number of carbonyl (C=O) groups is 2. The second-order valence-corrected chi connectivity index (χ2v) is 4.44. The van der Waals surface area contributed by atoms with Crippen LogP contribution in [0.15, 0.2) is 0 Å². The van der Waals surface area contributed by atoms with Crippen LogP contribution in [0.25, 0.3) is 0 Å². The Balaban J connectivity index is 2.33. The molecule has 1 aliphatic rings. The molecule has 0 bridgehead atoms. The number of amides is 1. The molecule has 0 unspecified atom stereocenters. The van der Waals surface area contributed by atoms with Crippen LogP contribution in [0.3, 0.4) is 0 Å². The maximum atomic E-state index is 11.3. The van der Waals surface area contributed by atoms with Gasteiger partial charge in [-0.25, -0.2) is 4.79 Å². The van der Waals surface area contributed by atoms with Gasteiger partial charge in [0, 0.05) is 5.92 Å². The highest BCUT2D eigenvalue weighted by atomic mass is 32.2.